The summed E-state index contributed by atoms with van der Waals surface area (Å²) in [5.41, 5.74) is 1.52. The Morgan fingerprint density at radius 1 is 1.24 bits per heavy atom. The highest BCUT2D eigenvalue weighted by molar-refractivity contribution is 7.17. The molecule has 0 bridgehead atoms. The topological polar surface area (TPSA) is 64.6 Å². The van der Waals surface area contributed by atoms with Crippen molar-refractivity contribution in [2.45, 2.75) is 38.7 Å². The molecule has 1 aromatic carbocycles. The molecule has 132 valence electrons. The van der Waals surface area contributed by atoms with E-state index in [9.17, 15) is 9.59 Å². The van der Waals surface area contributed by atoms with Gasteiger partial charge in [0.25, 0.3) is 5.91 Å². The largest absolute Gasteiger partial charge is 0.481 e. The quantitative estimate of drug-likeness (QED) is 0.797. The number of para-hydroxylation sites is 1. The zero-order valence-corrected chi connectivity index (χ0v) is 15.2. The Morgan fingerprint density at radius 2 is 2.00 bits per heavy atom. The number of fused-ring (bicyclic) bond motifs is 1. The molecule has 1 aliphatic carbocycles. The average Bonchev–Trinajstić information content (AvgIpc) is 3.20. The minimum Gasteiger partial charge on any atom is -0.481 e. The molecule has 2 aromatic rings. The lowest BCUT2D eigenvalue weighted by molar-refractivity contribution is -0.122. The fraction of sp³-hybridized carbons (Fsp3) is 0.368. The van der Waals surface area contributed by atoms with E-state index >= 15 is 0 Å². The Kier molecular flexibility index (Phi) is 5.38. The highest BCUT2D eigenvalue weighted by Gasteiger charge is 2.29. The zero-order chi connectivity index (χ0) is 17.8. The molecule has 0 saturated heterocycles. The summed E-state index contributed by atoms with van der Waals surface area (Å²) in [6, 6.07) is 9.24. The maximum absolute atomic E-state index is 12.7. The SMILES string of the molecule is CCC(Oc1ccccc1)C(=O)Nc1sc2c(c1C(=O)OC)CCC2. The molecule has 0 fully saturated rings. The van der Waals surface area contributed by atoms with E-state index in [1.54, 1.807) is 0 Å². The monoisotopic (exact) mass is 359 g/mol. The maximum Gasteiger partial charge on any atom is 0.341 e. The fourth-order valence-electron chi connectivity index (χ4n) is 2.99. The second-order valence-electron chi connectivity index (χ2n) is 5.87. The van der Waals surface area contributed by atoms with Gasteiger partial charge in [0, 0.05) is 4.88 Å². The highest BCUT2D eigenvalue weighted by Crippen LogP contribution is 2.39. The minimum absolute atomic E-state index is 0.253. The van der Waals surface area contributed by atoms with Gasteiger partial charge in [-0.15, -0.1) is 11.3 Å². The van der Waals surface area contributed by atoms with Crippen molar-refractivity contribution >= 4 is 28.2 Å². The molecular weight excluding hydrogens is 338 g/mol. The first-order valence-electron chi connectivity index (χ1n) is 8.39. The number of esters is 1. The first-order chi connectivity index (χ1) is 12.1. The number of carbonyl (C=O) groups excluding carboxylic acids is 2. The molecule has 1 amide bonds. The second kappa shape index (κ2) is 7.70. The van der Waals surface area contributed by atoms with Crippen molar-refractivity contribution < 1.29 is 19.1 Å². The van der Waals surface area contributed by atoms with Crippen molar-refractivity contribution in [3.8, 4) is 5.75 Å². The zero-order valence-electron chi connectivity index (χ0n) is 14.3. The number of methoxy groups -OCH3 is 1. The van der Waals surface area contributed by atoms with Crippen LogP contribution in [-0.4, -0.2) is 25.1 Å². The smallest absolute Gasteiger partial charge is 0.341 e. The van der Waals surface area contributed by atoms with Crippen molar-refractivity contribution in [1.29, 1.82) is 0 Å². The number of anilines is 1. The van der Waals surface area contributed by atoms with E-state index < -0.39 is 12.1 Å². The fourth-order valence-corrected chi connectivity index (χ4v) is 4.27. The van der Waals surface area contributed by atoms with Crippen LogP contribution >= 0.6 is 11.3 Å². The lowest BCUT2D eigenvalue weighted by atomic mass is 10.1. The third-order valence-corrected chi connectivity index (χ3v) is 5.44. The Bertz CT molecular complexity index is 769. The molecule has 0 spiro atoms. The number of hydrogen-bond donors (Lipinski definition) is 1. The van der Waals surface area contributed by atoms with Crippen LogP contribution in [0.25, 0.3) is 0 Å². The van der Waals surface area contributed by atoms with Crippen molar-refractivity contribution in [2.24, 2.45) is 0 Å². The number of nitrogens with one attached hydrogen (secondary N) is 1. The predicted octanol–water partition coefficient (Wildman–Crippen LogP) is 3.82. The number of carbonyl (C=O) groups is 2. The number of ether oxygens (including phenoxy) is 2. The molecule has 1 atom stereocenters. The summed E-state index contributed by atoms with van der Waals surface area (Å²) in [6.45, 7) is 1.89. The summed E-state index contributed by atoms with van der Waals surface area (Å²) in [5, 5.41) is 3.45. The highest BCUT2D eigenvalue weighted by atomic mass is 32.1. The summed E-state index contributed by atoms with van der Waals surface area (Å²) in [4.78, 5) is 26.0. The molecule has 1 aliphatic rings. The Hall–Kier alpha value is -2.34. The van der Waals surface area contributed by atoms with Crippen LogP contribution in [0.4, 0.5) is 5.00 Å². The lowest BCUT2D eigenvalue weighted by Gasteiger charge is -2.17. The van der Waals surface area contributed by atoms with Crippen LogP contribution in [0, 0.1) is 0 Å². The van der Waals surface area contributed by atoms with E-state index in [4.69, 9.17) is 9.47 Å². The molecule has 1 heterocycles. The van der Waals surface area contributed by atoms with Crippen LogP contribution in [0.1, 0.15) is 40.6 Å². The Morgan fingerprint density at radius 3 is 2.68 bits per heavy atom. The summed E-state index contributed by atoms with van der Waals surface area (Å²) in [5.74, 6) is -0.00507. The summed E-state index contributed by atoms with van der Waals surface area (Å²) in [6.07, 6.45) is 2.74. The van der Waals surface area contributed by atoms with Crippen LogP contribution < -0.4 is 10.1 Å². The Balaban J connectivity index is 1.79. The number of amides is 1. The molecule has 6 heteroatoms. The van der Waals surface area contributed by atoms with Gasteiger partial charge in [-0.25, -0.2) is 4.79 Å². The number of benzene rings is 1. The summed E-state index contributed by atoms with van der Waals surface area (Å²) < 4.78 is 10.7. The summed E-state index contributed by atoms with van der Waals surface area (Å²) >= 11 is 1.47. The number of rotatable bonds is 6. The lowest BCUT2D eigenvalue weighted by Crippen LogP contribution is -2.32. The van der Waals surface area contributed by atoms with Gasteiger partial charge in [0.1, 0.15) is 10.8 Å². The molecule has 25 heavy (non-hydrogen) atoms. The molecule has 1 unspecified atom stereocenters. The molecule has 0 radical (unpaired) electrons. The number of thiophene rings is 1. The van der Waals surface area contributed by atoms with Crippen molar-refractivity contribution in [3.05, 3.63) is 46.3 Å². The Labute approximate surface area is 151 Å². The van der Waals surface area contributed by atoms with E-state index in [2.05, 4.69) is 5.32 Å². The van der Waals surface area contributed by atoms with Gasteiger partial charge in [0.2, 0.25) is 0 Å². The normalized spacial score (nSPS) is 13.8. The molecule has 0 aliphatic heterocycles. The third kappa shape index (κ3) is 3.69. The van der Waals surface area contributed by atoms with Gasteiger partial charge in [-0.1, -0.05) is 25.1 Å². The van der Waals surface area contributed by atoms with E-state index in [0.29, 0.717) is 22.7 Å². The first-order valence-corrected chi connectivity index (χ1v) is 9.21. The minimum atomic E-state index is -0.621. The molecule has 1 N–H and O–H groups in total. The van der Waals surface area contributed by atoms with Gasteiger partial charge in [-0.05, 0) is 43.4 Å². The molecule has 0 saturated carbocycles. The van der Waals surface area contributed by atoms with E-state index in [1.807, 2.05) is 37.3 Å². The number of aryl methyl sites for hydroxylation is 1. The van der Waals surface area contributed by atoms with Crippen LogP contribution in [0.15, 0.2) is 30.3 Å². The van der Waals surface area contributed by atoms with Crippen LogP contribution in [0.2, 0.25) is 0 Å². The van der Waals surface area contributed by atoms with Gasteiger partial charge in [-0.3, -0.25) is 4.79 Å². The molecule has 3 rings (SSSR count). The van der Waals surface area contributed by atoms with Gasteiger partial charge < -0.3 is 14.8 Å². The summed E-state index contributed by atoms with van der Waals surface area (Å²) in [7, 11) is 1.36. The van der Waals surface area contributed by atoms with E-state index in [-0.39, 0.29) is 5.91 Å². The van der Waals surface area contributed by atoms with Gasteiger partial charge >= 0.3 is 5.97 Å². The average molecular weight is 359 g/mol. The standard InChI is InChI=1S/C19H21NO4S/c1-3-14(24-12-8-5-4-6-9-12)17(21)20-18-16(19(22)23-2)13-10-7-11-15(13)25-18/h4-6,8-9,14H,3,7,10-11H2,1-2H3,(H,20,21). The molecule has 5 nitrogen and oxygen atoms in total. The van der Waals surface area contributed by atoms with Crippen molar-refractivity contribution in [3.63, 3.8) is 0 Å². The van der Waals surface area contributed by atoms with Crippen molar-refractivity contribution in [2.75, 3.05) is 12.4 Å². The third-order valence-electron chi connectivity index (χ3n) is 4.23. The second-order valence-corrected chi connectivity index (χ2v) is 6.98. The van der Waals surface area contributed by atoms with Gasteiger partial charge in [-0.2, -0.15) is 0 Å². The molecular formula is C19H21NO4S. The van der Waals surface area contributed by atoms with Crippen LogP contribution in [0.3, 0.4) is 0 Å². The first kappa shape index (κ1) is 17.5. The van der Waals surface area contributed by atoms with E-state index in [1.165, 1.54) is 18.4 Å². The number of hydrogen-bond acceptors (Lipinski definition) is 5. The van der Waals surface area contributed by atoms with Crippen LogP contribution in [-0.2, 0) is 22.4 Å². The predicted molar refractivity (Wildman–Crippen MR) is 97.5 cm³/mol. The van der Waals surface area contributed by atoms with Crippen molar-refractivity contribution in [1.82, 2.24) is 0 Å². The maximum atomic E-state index is 12.7. The van der Waals surface area contributed by atoms with Crippen LogP contribution in [0.5, 0.6) is 5.75 Å². The van der Waals surface area contributed by atoms with Gasteiger partial charge in [0.15, 0.2) is 6.10 Å². The van der Waals surface area contributed by atoms with E-state index in [0.717, 1.165) is 29.7 Å². The van der Waals surface area contributed by atoms with Gasteiger partial charge in [0.05, 0.1) is 12.7 Å². The molecule has 1 aromatic heterocycles.